The maximum atomic E-state index is 11.4. The Hall–Kier alpha value is -1.29. The fraction of sp³-hybridized carbons (Fsp3) is 0.643. The van der Waals surface area contributed by atoms with Gasteiger partial charge in [0.05, 0.1) is 13.7 Å². The van der Waals surface area contributed by atoms with Crippen LogP contribution in [0.3, 0.4) is 0 Å². The molecule has 0 aliphatic rings. The third kappa shape index (κ3) is 3.88. The summed E-state index contributed by atoms with van der Waals surface area (Å²) in [6.07, 6.45) is 3.41. The number of nitrogens with one attached hydrogen (secondary N) is 1. The van der Waals surface area contributed by atoms with Gasteiger partial charge in [-0.15, -0.1) is 0 Å². The van der Waals surface area contributed by atoms with Crippen molar-refractivity contribution in [1.29, 1.82) is 0 Å². The summed E-state index contributed by atoms with van der Waals surface area (Å²) in [6, 6.07) is 2.26. The summed E-state index contributed by atoms with van der Waals surface area (Å²) in [5.74, 6) is 1.05. The van der Waals surface area contributed by atoms with Crippen molar-refractivity contribution in [3.63, 3.8) is 0 Å². The lowest BCUT2D eigenvalue weighted by Crippen LogP contribution is -2.27. The number of carbonyl (C=O) groups excluding carboxylic acids is 1. The molecule has 102 valence electrons. The zero-order valence-electron chi connectivity index (χ0n) is 11.7. The van der Waals surface area contributed by atoms with Crippen molar-refractivity contribution in [3.8, 4) is 0 Å². The fourth-order valence-corrected chi connectivity index (χ4v) is 1.99. The molecular weight excluding hydrogens is 230 g/mol. The van der Waals surface area contributed by atoms with Crippen LogP contribution in [0.15, 0.2) is 10.5 Å². The molecule has 18 heavy (non-hydrogen) atoms. The highest BCUT2D eigenvalue weighted by Crippen LogP contribution is 2.16. The maximum absolute atomic E-state index is 11.4. The number of esters is 1. The summed E-state index contributed by atoms with van der Waals surface area (Å²) in [4.78, 5) is 11.4. The Labute approximate surface area is 109 Å². The Morgan fingerprint density at radius 3 is 2.78 bits per heavy atom. The zero-order chi connectivity index (χ0) is 13.5. The number of hydrogen-bond acceptors (Lipinski definition) is 4. The van der Waals surface area contributed by atoms with Crippen molar-refractivity contribution in [2.45, 2.75) is 52.6 Å². The molecule has 0 radical (unpaired) electrons. The molecule has 0 aliphatic carbocycles. The van der Waals surface area contributed by atoms with Crippen molar-refractivity contribution in [2.75, 3.05) is 7.11 Å². The first-order chi connectivity index (χ1) is 8.62. The Balaban J connectivity index is 2.60. The molecule has 0 saturated heterocycles. The lowest BCUT2D eigenvalue weighted by Gasteiger charge is -2.14. The van der Waals surface area contributed by atoms with Crippen LogP contribution >= 0.6 is 0 Å². The summed E-state index contributed by atoms with van der Waals surface area (Å²) >= 11 is 0. The van der Waals surface area contributed by atoms with Crippen molar-refractivity contribution >= 4 is 5.97 Å². The van der Waals surface area contributed by atoms with Crippen LogP contribution < -0.4 is 5.32 Å². The molecule has 0 aromatic carbocycles. The lowest BCUT2D eigenvalue weighted by atomic mass is 10.1. The van der Waals surface area contributed by atoms with Gasteiger partial charge < -0.3 is 14.5 Å². The molecule has 1 aromatic rings. The van der Waals surface area contributed by atoms with Gasteiger partial charge >= 0.3 is 5.97 Å². The SMILES string of the molecule is CCCC(CC)NCc1cc(C(=O)OC)c(C)o1. The molecule has 1 N–H and O–H groups in total. The van der Waals surface area contributed by atoms with E-state index in [0.29, 0.717) is 23.9 Å². The topological polar surface area (TPSA) is 51.5 Å². The van der Waals surface area contributed by atoms with Crippen LogP contribution in [0.2, 0.25) is 0 Å². The third-order valence-electron chi connectivity index (χ3n) is 3.07. The van der Waals surface area contributed by atoms with E-state index in [1.165, 1.54) is 7.11 Å². The van der Waals surface area contributed by atoms with Crippen LogP contribution in [0.1, 0.15) is 55.0 Å². The average Bonchev–Trinajstić information content (AvgIpc) is 2.74. The molecule has 1 rings (SSSR count). The van der Waals surface area contributed by atoms with Crippen LogP contribution in [-0.2, 0) is 11.3 Å². The molecule has 0 spiro atoms. The second-order valence-electron chi connectivity index (χ2n) is 4.45. The Morgan fingerprint density at radius 2 is 2.22 bits per heavy atom. The van der Waals surface area contributed by atoms with E-state index in [1.54, 1.807) is 13.0 Å². The van der Waals surface area contributed by atoms with E-state index in [1.807, 2.05) is 0 Å². The second-order valence-corrected chi connectivity index (χ2v) is 4.45. The van der Waals surface area contributed by atoms with Crippen molar-refractivity contribution in [1.82, 2.24) is 5.32 Å². The number of hydrogen-bond donors (Lipinski definition) is 1. The Bertz CT molecular complexity index is 384. The smallest absolute Gasteiger partial charge is 0.341 e. The van der Waals surface area contributed by atoms with Gasteiger partial charge in [0, 0.05) is 6.04 Å². The molecule has 1 atom stereocenters. The van der Waals surface area contributed by atoms with Crippen molar-refractivity contribution < 1.29 is 13.9 Å². The largest absolute Gasteiger partial charge is 0.465 e. The minimum Gasteiger partial charge on any atom is -0.465 e. The molecule has 0 aliphatic heterocycles. The summed E-state index contributed by atoms with van der Waals surface area (Å²) in [5.41, 5.74) is 0.512. The molecule has 1 heterocycles. The van der Waals surface area contributed by atoms with Gasteiger partial charge in [0.1, 0.15) is 17.1 Å². The van der Waals surface area contributed by atoms with Crippen LogP contribution in [0.25, 0.3) is 0 Å². The number of aryl methyl sites for hydroxylation is 1. The van der Waals surface area contributed by atoms with Crippen molar-refractivity contribution in [3.05, 3.63) is 23.2 Å². The van der Waals surface area contributed by atoms with E-state index in [2.05, 4.69) is 19.2 Å². The van der Waals surface area contributed by atoms with Gasteiger partial charge in [-0.05, 0) is 25.8 Å². The maximum Gasteiger partial charge on any atom is 0.341 e. The summed E-state index contributed by atoms with van der Waals surface area (Å²) < 4.78 is 10.2. The van der Waals surface area contributed by atoms with E-state index in [4.69, 9.17) is 9.15 Å². The standard InChI is InChI=1S/C14H23NO3/c1-5-7-11(6-2)15-9-12-8-13(10(3)18-12)14(16)17-4/h8,11,15H,5-7,9H2,1-4H3. The van der Waals surface area contributed by atoms with E-state index < -0.39 is 0 Å². The number of methoxy groups -OCH3 is 1. The first-order valence-electron chi connectivity index (χ1n) is 6.53. The van der Waals surface area contributed by atoms with Gasteiger partial charge in [0.25, 0.3) is 0 Å². The highest BCUT2D eigenvalue weighted by Gasteiger charge is 2.15. The van der Waals surface area contributed by atoms with Gasteiger partial charge in [0.15, 0.2) is 0 Å². The average molecular weight is 253 g/mol. The fourth-order valence-electron chi connectivity index (χ4n) is 1.99. The monoisotopic (exact) mass is 253 g/mol. The molecule has 4 heteroatoms. The molecule has 0 amide bonds. The van der Waals surface area contributed by atoms with Crippen LogP contribution in [-0.4, -0.2) is 19.1 Å². The molecule has 0 saturated carbocycles. The predicted octanol–water partition coefficient (Wildman–Crippen LogP) is 3.04. The summed E-state index contributed by atoms with van der Waals surface area (Å²) in [5, 5.41) is 3.44. The number of carbonyl (C=O) groups is 1. The highest BCUT2D eigenvalue weighted by molar-refractivity contribution is 5.90. The van der Waals surface area contributed by atoms with Crippen molar-refractivity contribution in [2.24, 2.45) is 0 Å². The molecule has 4 nitrogen and oxygen atoms in total. The first-order valence-corrected chi connectivity index (χ1v) is 6.53. The van der Waals surface area contributed by atoms with Crippen LogP contribution in [0.5, 0.6) is 0 Å². The Kier molecular flexibility index (Phi) is 5.92. The van der Waals surface area contributed by atoms with Gasteiger partial charge in [-0.3, -0.25) is 0 Å². The summed E-state index contributed by atoms with van der Waals surface area (Å²) in [6.45, 7) is 6.77. The quantitative estimate of drug-likeness (QED) is 0.759. The normalized spacial score (nSPS) is 12.4. The number of ether oxygens (including phenoxy) is 1. The van der Waals surface area contributed by atoms with Crippen LogP contribution in [0.4, 0.5) is 0 Å². The number of furan rings is 1. The Morgan fingerprint density at radius 1 is 1.50 bits per heavy atom. The van der Waals surface area contributed by atoms with E-state index >= 15 is 0 Å². The van der Waals surface area contributed by atoms with Crippen LogP contribution in [0, 0.1) is 6.92 Å². The highest BCUT2D eigenvalue weighted by atomic mass is 16.5. The molecule has 0 bridgehead atoms. The molecule has 1 aromatic heterocycles. The second kappa shape index (κ2) is 7.21. The predicted molar refractivity (Wildman–Crippen MR) is 70.6 cm³/mol. The third-order valence-corrected chi connectivity index (χ3v) is 3.07. The van der Waals surface area contributed by atoms with Gasteiger partial charge in [-0.1, -0.05) is 20.3 Å². The van der Waals surface area contributed by atoms with E-state index in [0.717, 1.165) is 25.0 Å². The van der Waals surface area contributed by atoms with E-state index in [-0.39, 0.29) is 5.97 Å². The molecule has 1 unspecified atom stereocenters. The summed E-state index contributed by atoms with van der Waals surface area (Å²) in [7, 11) is 1.38. The van der Waals surface area contributed by atoms with E-state index in [9.17, 15) is 4.79 Å². The molecular formula is C14H23NO3. The minimum atomic E-state index is -0.344. The van der Waals surface area contributed by atoms with Gasteiger partial charge in [-0.25, -0.2) is 4.79 Å². The minimum absolute atomic E-state index is 0.344. The van der Waals surface area contributed by atoms with Gasteiger partial charge in [0.2, 0.25) is 0 Å². The zero-order valence-corrected chi connectivity index (χ0v) is 11.7. The number of rotatable bonds is 7. The first kappa shape index (κ1) is 14.8. The molecule has 0 fully saturated rings. The van der Waals surface area contributed by atoms with Gasteiger partial charge in [-0.2, -0.15) is 0 Å². The lowest BCUT2D eigenvalue weighted by molar-refractivity contribution is 0.0599.